The van der Waals surface area contributed by atoms with E-state index in [-0.39, 0.29) is 29.9 Å². The van der Waals surface area contributed by atoms with Gasteiger partial charge in [0.05, 0.1) is 29.6 Å². The molecule has 1 amide bonds. The Hall–Kier alpha value is -4.86. The van der Waals surface area contributed by atoms with Crippen molar-refractivity contribution in [3.8, 4) is 0 Å². The van der Waals surface area contributed by atoms with Gasteiger partial charge in [0.1, 0.15) is 5.76 Å². The van der Waals surface area contributed by atoms with E-state index in [9.17, 15) is 29.6 Å². The molecule has 1 aliphatic heterocycles. The molecule has 1 fully saturated rings. The number of benzene rings is 2. The number of ketones is 1. The largest absolute Gasteiger partial charge is 0.507 e. The minimum atomic E-state index is -1.03. The summed E-state index contributed by atoms with van der Waals surface area (Å²) in [6, 6.07) is 13.9. The van der Waals surface area contributed by atoms with Crippen molar-refractivity contribution in [1.29, 1.82) is 0 Å². The number of nitrogens with zero attached hydrogens (tertiary/aromatic N) is 3. The van der Waals surface area contributed by atoms with E-state index in [4.69, 9.17) is 4.74 Å². The van der Waals surface area contributed by atoms with Gasteiger partial charge in [0, 0.05) is 35.8 Å². The summed E-state index contributed by atoms with van der Waals surface area (Å²) in [5.74, 6) is -2.75. The molecule has 4 rings (SSSR count). The van der Waals surface area contributed by atoms with Crippen LogP contribution in [-0.4, -0.2) is 39.3 Å². The van der Waals surface area contributed by atoms with Gasteiger partial charge in [-0.05, 0) is 36.2 Å². The van der Waals surface area contributed by atoms with Crippen LogP contribution < -0.4 is 4.90 Å². The first-order valence-corrected chi connectivity index (χ1v) is 11.0. The summed E-state index contributed by atoms with van der Waals surface area (Å²) >= 11 is 0. The lowest BCUT2D eigenvalue weighted by Crippen LogP contribution is -2.29. The number of anilines is 1. The molecule has 10 heteroatoms. The third kappa shape index (κ3) is 4.69. The van der Waals surface area contributed by atoms with E-state index >= 15 is 0 Å². The molecule has 0 aliphatic carbocycles. The Balaban J connectivity index is 1.81. The lowest BCUT2D eigenvalue weighted by molar-refractivity contribution is -0.384. The number of rotatable bonds is 7. The zero-order valence-electron chi connectivity index (χ0n) is 19.2. The third-order valence-corrected chi connectivity index (χ3v) is 5.64. The Morgan fingerprint density at radius 1 is 1.14 bits per heavy atom. The van der Waals surface area contributed by atoms with Crippen molar-refractivity contribution in [3.05, 3.63) is 105 Å². The second-order valence-electron chi connectivity index (χ2n) is 7.91. The van der Waals surface area contributed by atoms with E-state index in [2.05, 4.69) is 4.98 Å². The molecule has 1 saturated heterocycles. The van der Waals surface area contributed by atoms with Crippen LogP contribution in [0.25, 0.3) is 5.76 Å². The second kappa shape index (κ2) is 10.2. The summed E-state index contributed by atoms with van der Waals surface area (Å²) in [7, 11) is 0. The van der Waals surface area contributed by atoms with Gasteiger partial charge in [-0.2, -0.15) is 0 Å². The fourth-order valence-electron chi connectivity index (χ4n) is 4.03. The first kappa shape index (κ1) is 24.3. The van der Waals surface area contributed by atoms with Crippen LogP contribution in [-0.2, 0) is 25.5 Å². The lowest BCUT2D eigenvalue weighted by atomic mass is 9.96. The average molecular weight is 487 g/mol. The molecule has 0 radical (unpaired) electrons. The topological polar surface area (TPSA) is 140 Å². The Morgan fingerprint density at radius 3 is 2.53 bits per heavy atom. The van der Waals surface area contributed by atoms with E-state index in [1.165, 1.54) is 35.5 Å². The number of nitro benzene ring substituents is 1. The fourth-order valence-corrected chi connectivity index (χ4v) is 4.03. The van der Waals surface area contributed by atoms with Gasteiger partial charge in [0.25, 0.3) is 17.4 Å². The van der Waals surface area contributed by atoms with Crippen molar-refractivity contribution in [2.75, 3.05) is 11.5 Å². The number of carbonyl (C=O) groups excluding carboxylic acids is 3. The van der Waals surface area contributed by atoms with E-state index < -0.39 is 34.4 Å². The summed E-state index contributed by atoms with van der Waals surface area (Å²) in [5, 5.41) is 22.3. The summed E-state index contributed by atoms with van der Waals surface area (Å²) in [5.41, 5.74) is 1.01. The smallest absolute Gasteiger partial charge is 0.310 e. The molecular weight excluding hydrogens is 466 g/mol. The number of amides is 1. The van der Waals surface area contributed by atoms with E-state index in [1.54, 1.807) is 43.3 Å². The maximum absolute atomic E-state index is 13.2. The van der Waals surface area contributed by atoms with Crippen molar-refractivity contribution < 1.29 is 29.2 Å². The highest BCUT2D eigenvalue weighted by molar-refractivity contribution is 6.51. The third-order valence-electron chi connectivity index (χ3n) is 5.64. The lowest BCUT2D eigenvalue weighted by Gasteiger charge is -2.25. The highest BCUT2D eigenvalue weighted by Gasteiger charge is 2.47. The summed E-state index contributed by atoms with van der Waals surface area (Å²) < 4.78 is 4.96. The molecule has 10 nitrogen and oxygen atoms in total. The number of pyridine rings is 1. The van der Waals surface area contributed by atoms with Crippen LogP contribution in [0.1, 0.15) is 29.7 Å². The van der Waals surface area contributed by atoms with Crippen molar-refractivity contribution >= 4 is 34.8 Å². The van der Waals surface area contributed by atoms with Gasteiger partial charge >= 0.3 is 5.97 Å². The van der Waals surface area contributed by atoms with Gasteiger partial charge in [-0.3, -0.25) is 34.4 Å². The Bertz CT molecular complexity index is 1370. The highest BCUT2D eigenvalue weighted by Crippen LogP contribution is 2.42. The molecule has 1 atom stereocenters. The minimum absolute atomic E-state index is 0.0286. The van der Waals surface area contributed by atoms with Gasteiger partial charge in [0.15, 0.2) is 0 Å². The predicted octanol–water partition coefficient (Wildman–Crippen LogP) is 3.72. The number of ether oxygens (including phenoxy) is 1. The molecule has 0 saturated carbocycles. The number of aliphatic hydroxyl groups is 1. The van der Waals surface area contributed by atoms with Crippen LogP contribution in [0.4, 0.5) is 11.4 Å². The number of esters is 1. The number of nitro groups is 1. The number of aromatic nitrogens is 1. The van der Waals surface area contributed by atoms with Gasteiger partial charge in [-0.15, -0.1) is 0 Å². The minimum Gasteiger partial charge on any atom is -0.507 e. The standard InChI is InChI=1S/C26H21N3O7/c1-2-36-21(30)13-16-8-10-19(11-9-16)28-23(18-6-4-12-27-15-18)22(25(32)26(28)33)24(31)17-5-3-7-20(14-17)29(34)35/h3-12,14-15,23,31H,2,13H2,1H3/b24-22-. The summed E-state index contributed by atoms with van der Waals surface area (Å²) in [4.78, 5) is 54.0. The van der Waals surface area contributed by atoms with Crippen LogP contribution in [0.15, 0.2) is 78.6 Å². The van der Waals surface area contributed by atoms with Crippen molar-refractivity contribution in [2.24, 2.45) is 0 Å². The van der Waals surface area contributed by atoms with E-state index in [1.807, 2.05) is 0 Å². The molecule has 2 heterocycles. The first-order valence-electron chi connectivity index (χ1n) is 11.0. The zero-order valence-corrected chi connectivity index (χ0v) is 19.2. The van der Waals surface area contributed by atoms with Gasteiger partial charge in [-0.25, -0.2) is 0 Å². The van der Waals surface area contributed by atoms with Gasteiger partial charge in [-0.1, -0.05) is 30.3 Å². The molecule has 36 heavy (non-hydrogen) atoms. The quantitative estimate of drug-likeness (QED) is 0.133. The molecule has 2 aromatic carbocycles. The number of hydrogen-bond acceptors (Lipinski definition) is 8. The SMILES string of the molecule is CCOC(=O)Cc1ccc(N2C(=O)C(=O)/C(=C(\O)c3cccc([N+](=O)[O-])c3)C2c2cccnc2)cc1. The molecule has 1 N–H and O–H groups in total. The number of carbonyl (C=O) groups is 3. The fraction of sp³-hybridized carbons (Fsp3) is 0.154. The number of aliphatic hydroxyl groups excluding tert-OH is 1. The van der Waals surface area contributed by atoms with Crippen molar-refractivity contribution in [3.63, 3.8) is 0 Å². The van der Waals surface area contributed by atoms with Crippen LogP contribution in [0.3, 0.4) is 0 Å². The van der Waals surface area contributed by atoms with Crippen molar-refractivity contribution in [1.82, 2.24) is 4.98 Å². The van der Waals surface area contributed by atoms with E-state index in [0.29, 0.717) is 16.8 Å². The molecule has 3 aromatic rings. The number of hydrogen-bond donors (Lipinski definition) is 1. The van der Waals surface area contributed by atoms with Crippen LogP contribution >= 0.6 is 0 Å². The molecule has 1 aliphatic rings. The second-order valence-corrected chi connectivity index (χ2v) is 7.91. The maximum Gasteiger partial charge on any atom is 0.310 e. The molecule has 0 spiro atoms. The van der Waals surface area contributed by atoms with Gasteiger partial charge in [0.2, 0.25) is 0 Å². The predicted molar refractivity (Wildman–Crippen MR) is 129 cm³/mol. The Labute approximate surface area is 205 Å². The van der Waals surface area contributed by atoms with Crippen LogP contribution in [0.2, 0.25) is 0 Å². The highest BCUT2D eigenvalue weighted by atomic mass is 16.6. The zero-order chi connectivity index (χ0) is 25.8. The van der Waals surface area contributed by atoms with Crippen LogP contribution in [0, 0.1) is 10.1 Å². The monoisotopic (exact) mass is 487 g/mol. The Kier molecular flexibility index (Phi) is 6.86. The Morgan fingerprint density at radius 2 is 1.89 bits per heavy atom. The maximum atomic E-state index is 13.2. The summed E-state index contributed by atoms with van der Waals surface area (Å²) in [6.45, 7) is 1.97. The molecule has 182 valence electrons. The van der Waals surface area contributed by atoms with Crippen molar-refractivity contribution in [2.45, 2.75) is 19.4 Å². The van der Waals surface area contributed by atoms with Gasteiger partial charge < -0.3 is 9.84 Å². The molecule has 1 unspecified atom stereocenters. The average Bonchev–Trinajstić information content (AvgIpc) is 3.15. The molecular formula is C26H21N3O7. The normalized spacial score (nSPS) is 16.7. The molecule has 1 aromatic heterocycles. The van der Waals surface area contributed by atoms with Crippen LogP contribution in [0.5, 0.6) is 0 Å². The number of Topliss-reactive ketones (excluding diaryl/α,β-unsaturated/α-hetero) is 1. The molecule has 0 bridgehead atoms. The van der Waals surface area contributed by atoms with E-state index in [0.717, 1.165) is 6.07 Å². The first-order chi connectivity index (χ1) is 17.3. The number of non-ortho nitro benzene ring substituents is 1. The summed E-state index contributed by atoms with van der Waals surface area (Å²) in [6.07, 6.45) is 3.05.